The van der Waals surface area contributed by atoms with Crippen molar-refractivity contribution in [2.45, 2.75) is 17.1 Å². The number of hydrogen-bond donors (Lipinski definition) is 2. The van der Waals surface area contributed by atoms with Gasteiger partial charge < -0.3 is 10.2 Å². The molecule has 0 unspecified atom stereocenters. The Bertz CT molecular complexity index is 558. The molecule has 1 aromatic heterocycles. The molecule has 0 aromatic carbocycles. The maximum Gasteiger partial charge on any atom is 0.308 e. The van der Waals surface area contributed by atoms with Crippen molar-refractivity contribution in [3.8, 4) is 0 Å². The summed E-state index contributed by atoms with van der Waals surface area (Å²) in [6.45, 7) is -2.05. The van der Waals surface area contributed by atoms with Crippen molar-refractivity contribution >= 4 is 27.3 Å². The van der Waals surface area contributed by atoms with Crippen LogP contribution in [0.3, 0.4) is 0 Å². The van der Waals surface area contributed by atoms with E-state index in [0.29, 0.717) is 20.5 Å². The second-order valence-corrected chi connectivity index (χ2v) is 7.10. The van der Waals surface area contributed by atoms with Crippen molar-refractivity contribution in [3.63, 3.8) is 0 Å². The molecule has 0 saturated heterocycles. The third kappa shape index (κ3) is 4.47. The molecular weight excluding hydrogens is 316 g/mol. The maximum absolute atomic E-state index is 12.4. The Labute approximate surface area is 118 Å². The van der Waals surface area contributed by atoms with Crippen LogP contribution in [0.5, 0.6) is 0 Å². The zero-order valence-corrected chi connectivity index (χ0v) is 11.8. The lowest BCUT2D eigenvalue weighted by Crippen LogP contribution is -2.36. The summed E-state index contributed by atoms with van der Waals surface area (Å²) in [5.74, 6) is -1.12. The molecule has 0 atom stereocenters. The number of sulfonamides is 1. The van der Waals surface area contributed by atoms with E-state index in [1.54, 1.807) is 0 Å². The zero-order chi connectivity index (χ0) is 15.3. The van der Waals surface area contributed by atoms with Crippen molar-refractivity contribution in [1.29, 1.82) is 0 Å². The first-order valence-corrected chi connectivity index (χ1v) is 7.72. The highest BCUT2D eigenvalue weighted by molar-refractivity contribution is 7.91. The minimum absolute atomic E-state index is 0.220. The molecule has 6 nitrogen and oxygen atoms in total. The van der Waals surface area contributed by atoms with E-state index in [-0.39, 0.29) is 10.6 Å². The molecule has 114 valence electrons. The fraction of sp³-hybridized carbons (Fsp3) is 0.500. The quantitative estimate of drug-likeness (QED) is 0.729. The largest absolute Gasteiger partial charge is 0.481 e. The Balaban J connectivity index is 3.00. The predicted molar refractivity (Wildman–Crippen MR) is 67.5 cm³/mol. The first-order valence-electron chi connectivity index (χ1n) is 5.47. The van der Waals surface area contributed by atoms with Gasteiger partial charge in [-0.25, -0.2) is 17.2 Å². The molecule has 0 aliphatic rings. The third-order valence-electron chi connectivity index (χ3n) is 2.25. The van der Waals surface area contributed by atoms with Crippen LogP contribution in [0.15, 0.2) is 16.3 Å². The molecule has 0 aliphatic carbocycles. The summed E-state index contributed by atoms with van der Waals surface area (Å²) >= 11 is 0.712. The standard InChI is InChI=1S/C10H13F2NO5S2/c11-8(12)6-13(3-4-14)20(17,18)10-2-1-7(19-10)5-9(15)16/h1-2,8,14H,3-6H2,(H,15,16). The lowest BCUT2D eigenvalue weighted by molar-refractivity contribution is -0.136. The first-order chi connectivity index (χ1) is 9.27. The van der Waals surface area contributed by atoms with E-state index in [4.69, 9.17) is 10.2 Å². The molecule has 10 heteroatoms. The van der Waals surface area contributed by atoms with Gasteiger partial charge in [-0.3, -0.25) is 4.79 Å². The normalized spacial score (nSPS) is 12.2. The number of carboxylic acid groups (broad SMARTS) is 1. The molecule has 0 spiro atoms. The minimum atomic E-state index is -4.15. The van der Waals surface area contributed by atoms with Crippen molar-refractivity contribution in [2.24, 2.45) is 0 Å². The van der Waals surface area contributed by atoms with E-state index >= 15 is 0 Å². The second kappa shape index (κ2) is 7.07. The summed E-state index contributed by atoms with van der Waals surface area (Å²) in [6.07, 6.45) is -3.20. The number of carboxylic acids is 1. The van der Waals surface area contributed by atoms with Crippen LogP contribution in [0.1, 0.15) is 4.88 Å². The molecule has 20 heavy (non-hydrogen) atoms. The third-order valence-corrected chi connectivity index (χ3v) is 5.67. The first kappa shape index (κ1) is 17.0. The molecule has 0 saturated carbocycles. The van der Waals surface area contributed by atoms with Gasteiger partial charge in [0.05, 0.1) is 19.6 Å². The van der Waals surface area contributed by atoms with Crippen LogP contribution < -0.4 is 0 Å². The minimum Gasteiger partial charge on any atom is -0.481 e. The SMILES string of the molecule is O=C(O)Cc1ccc(S(=O)(=O)N(CCO)CC(F)F)s1. The van der Waals surface area contributed by atoms with Gasteiger partial charge in [0.1, 0.15) is 4.21 Å². The molecule has 1 heterocycles. The van der Waals surface area contributed by atoms with E-state index in [9.17, 15) is 22.0 Å². The number of aliphatic carboxylic acids is 1. The highest BCUT2D eigenvalue weighted by Gasteiger charge is 2.28. The molecule has 2 N–H and O–H groups in total. The van der Waals surface area contributed by atoms with Gasteiger partial charge in [-0.2, -0.15) is 4.31 Å². The van der Waals surface area contributed by atoms with Crippen LogP contribution in [-0.4, -0.2) is 55.0 Å². The number of rotatable bonds is 8. The van der Waals surface area contributed by atoms with E-state index in [2.05, 4.69) is 0 Å². The number of carbonyl (C=O) groups is 1. The van der Waals surface area contributed by atoms with E-state index in [1.807, 2.05) is 0 Å². The Hall–Kier alpha value is -1.10. The summed E-state index contributed by atoms with van der Waals surface area (Å²) in [5, 5.41) is 17.4. The van der Waals surface area contributed by atoms with Crippen LogP contribution in [0.2, 0.25) is 0 Å². The van der Waals surface area contributed by atoms with Gasteiger partial charge in [0, 0.05) is 11.4 Å². The average Bonchev–Trinajstić information content (AvgIpc) is 2.76. The topological polar surface area (TPSA) is 94.9 Å². The average molecular weight is 329 g/mol. The molecule has 0 amide bonds. The van der Waals surface area contributed by atoms with Gasteiger partial charge >= 0.3 is 5.97 Å². The van der Waals surface area contributed by atoms with Gasteiger partial charge in [0.25, 0.3) is 16.4 Å². The van der Waals surface area contributed by atoms with Gasteiger partial charge in [-0.1, -0.05) is 0 Å². The maximum atomic E-state index is 12.4. The fourth-order valence-corrected chi connectivity index (χ4v) is 4.35. The Morgan fingerprint density at radius 2 is 2.05 bits per heavy atom. The van der Waals surface area contributed by atoms with Gasteiger partial charge in [-0.15, -0.1) is 11.3 Å². The fourth-order valence-electron chi connectivity index (χ4n) is 1.44. The molecular formula is C10H13F2NO5S2. The molecule has 0 fully saturated rings. The number of aliphatic hydroxyl groups is 1. The van der Waals surface area contributed by atoms with E-state index < -0.39 is 42.1 Å². The smallest absolute Gasteiger partial charge is 0.308 e. The van der Waals surface area contributed by atoms with E-state index in [0.717, 1.165) is 0 Å². The Morgan fingerprint density at radius 3 is 2.55 bits per heavy atom. The van der Waals surface area contributed by atoms with Gasteiger partial charge in [-0.05, 0) is 12.1 Å². The highest BCUT2D eigenvalue weighted by Crippen LogP contribution is 2.25. The Kier molecular flexibility index (Phi) is 5.99. The van der Waals surface area contributed by atoms with E-state index in [1.165, 1.54) is 12.1 Å². The van der Waals surface area contributed by atoms with Crippen LogP contribution in [0.4, 0.5) is 8.78 Å². The summed E-state index contributed by atoms with van der Waals surface area (Å²) in [6, 6.07) is 2.50. The monoisotopic (exact) mass is 329 g/mol. The van der Waals surface area contributed by atoms with Crippen LogP contribution in [0, 0.1) is 0 Å². The highest BCUT2D eigenvalue weighted by atomic mass is 32.2. The van der Waals surface area contributed by atoms with Crippen molar-refractivity contribution in [2.75, 3.05) is 19.7 Å². The number of nitrogens with zero attached hydrogens (tertiary/aromatic N) is 1. The number of alkyl halides is 2. The summed E-state index contributed by atoms with van der Waals surface area (Å²) in [4.78, 5) is 10.8. The van der Waals surface area contributed by atoms with Crippen LogP contribution >= 0.6 is 11.3 Å². The lowest BCUT2D eigenvalue weighted by atomic mass is 10.3. The number of halogens is 2. The molecule has 0 bridgehead atoms. The summed E-state index contributed by atoms with van der Waals surface area (Å²) < 4.78 is 49.2. The van der Waals surface area contributed by atoms with Crippen LogP contribution in [0.25, 0.3) is 0 Å². The van der Waals surface area contributed by atoms with Gasteiger partial charge in [0.2, 0.25) is 0 Å². The summed E-state index contributed by atoms with van der Waals surface area (Å²) in [5.41, 5.74) is 0. The van der Waals surface area contributed by atoms with Crippen molar-refractivity contribution in [3.05, 3.63) is 17.0 Å². The number of thiophene rings is 1. The van der Waals surface area contributed by atoms with Gasteiger partial charge in [0.15, 0.2) is 0 Å². The molecule has 0 radical (unpaired) electrons. The Morgan fingerprint density at radius 1 is 1.40 bits per heavy atom. The number of aliphatic hydroxyl groups excluding tert-OH is 1. The van der Waals surface area contributed by atoms with Crippen molar-refractivity contribution < 1.29 is 32.2 Å². The zero-order valence-electron chi connectivity index (χ0n) is 10.2. The predicted octanol–water partition coefficient (Wildman–Crippen LogP) is 0.623. The van der Waals surface area contributed by atoms with Crippen molar-refractivity contribution in [1.82, 2.24) is 4.31 Å². The van der Waals surface area contributed by atoms with Crippen LogP contribution in [-0.2, 0) is 21.2 Å². The summed E-state index contributed by atoms with van der Waals surface area (Å²) in [7, 11) is -4.15. The molecule has 1 rings (SSSR count). The lowest BCUT2D eigenvalue weighted by Gasteiger charge is -2.19. The number of hydrogen-bond acceptors (Lipinski definition) is 5. The molecule has 1 aromatic rings. The molecule has 0 aliphatic heterocycles. The second-order valence-electron chi connectivity index (χ2n) is 3.77.